The molecule has 0 saturated carbocycles. The first-order valence-corrected chi connectivity index (χ1v) is 6.67. The SMILES string of the molecule is COc1ncnc2c1[nH]c(=S)n2-c1cccc(Cl)c1C. The average molecular weight is 307 g/mol. The Hall–Kier alpha value is -1.92. The van der Waals surface area contributed by atoms with Crippen molar-refractivity contribution < 1.29 is 4.74 Å². The third kappa shape index (κ3) is 1.88. The van der Waals surface area contributed by atoms with Crippen molar-refractivity contribution in [1.82, 2.24) is 19.5 Å². The van der Waals surface area contributed by atoms with Crippen LogP contribution in [-0.2, 0) is 0 Å². The fourth-order valence-corrected chi connectivity index (χ4v) is 2.57. The molecule has 3 rings (SSSR count). The highest BCUT2D eigenvalue weighted by Crippen LogP contribution is 2.27. The molecule has 1 aromatic carbocycles. The van der Waals surface area contributed by atoms with Crippen LogP contribution < -0.4 is 4.74 Å². The second kappa shape index (κ2) is 4.88. The Labute approximate surface area is 125 Å². The highest BCUT2D eigenvalue weighted by Gasteiger charge is 2.14. The summed E-state index contributed by atoms with van der Waals surface area (Å²) in [7, 11) is 1.56. The predicted molar refractivity (Wildman–Crippen MR) is 80.3 cm³/mol. The number of halogens is 1. The molecule has 0 aliphatic heterocycles. The van der Waals surface area contributed by atoms with Gasteiger partial charge in [0.1, 0.15) is 11.8 Å². The van der Waals surface area contributed by atoms with Crippen LogP contribution in [0.2, 0.25) is 5.02 Å². The van der Waals surface area contributed by atoms with Gasteiger partial charge in [0.2, 0.25) is 5.88 Å². The van der Waals surface area contributed by atoms with E-state index in [1.807, 2.05) is 29.7 Å². The Balaban J connectivity index is 2.40. The predicted octanol–water partition coefficient (Wildman–Crippen LogP) is 3.45. The van der Waals surface area contributed by atoms with E-state index in [-0.39, 0.29) is 0 Å². The van der Waals surface area contributed by atoms with Crippen molar-refractivity contribution in [2.75, 3.05) is 7.11 Å². The van der Waals surface area contributed by atoms with Gasteiger partial charge in [0.15, 0.2) is 10.4 Å². The molecule has 0 aliphatic rings. The van der Waals surface area contributed by atoms with Gasteiger partial charge in [-0.1, -0.05) is 17.7 Å². The maximum absolute atomic E-state index is 6.18. The molecular weight excluding hydrogens is 296 g/mol. The van der Waals surface area contributed by atoms with Crippen molar-refractivity contribution in [3.8, 4) is 11.6 Å². The average Bonchev–Trinajstić information content (AvgIpc) is 2.78. The lowest BCUT2D eigenvalue weighted by molar-refractivity contribution is 0.401. The van der Waals surface area contributed by atoms with Crippen LogP contribution >= 0.6 is 23.8 Å². The van der Waals surface area contributed by atoms with E-state index in [2.05, 4.69) is 15.0 Å². The van der Waals surface area contributed by atoms with Gasteiger partial charge >= 0.3 is 0 Å². The minimum absolute atomic E-state index is 0.458. The van der Waals surface area contributed by atoms with E-state index >= 15 is 0 Å². The fraction of sp³-hybridized carbons (Fsp3) is 0.154. The number of methoxy groups -OCH3 is 1. The zero-order chi connectivity index (χ0) is 14.3. The highest BCUT2D eigenvalue weighted by atomic mass is 35.5. The molecule has 0 fully saturated rings. The fourth-order valence-electron chi connectivity index (χ4n) is 2.12. The summed E-state index contributed by atoms with van der Waals surface area (Å²) in [5, 5.41) is 0.680. The van der Waals surface area contributed by atoms with Crippen molar-refractivity contribution in [1.29, 1.82) is 0 Å². The number of hydrogen-bond donors (Lipinski definition) is 1. The lowest BCUT2D eigenvalue weighted by Gasteiger charge is -2.09. The summed E-state index contributed by atoms with van der Waals surface area (Å²) in [5.74, 6) is 0.458. The van der Waals surface area contributed by atoms with Crippen molar-refractivity contribution >= 4 is 35.0 Å². The van der Waals surface area contributed by atoms with Crippen LogP contribution in [0.1, 0.15) is 5.56 Å². The minimum Gasteiger partial charge on any atom is -0.479 e. The van der Waals surface area contributed by atoms with E-state index in [1.165, 1.54) is 6.33 Å². The van der Waals surface area contributed by atoms with Crippen molar-refractivity contribution in [2.24, 2.45) is 0 Å². The summed E-state index contributed by atoms with van der Waals surface area (Å²) >= 11 is 11.6. The molecule has 0 saturated heterocycles. The monoisotopic (exact) mass is 306 g/mol. The normalized spacial score (nSPS) is 10.9. The van der Waals surface area contributed by atoms with E-state index in [0.717, 1.165) is 11.3 Å². The van der Waals surface area contributed by atoms with Gasteiger partial charge in [-0.05, 0) is 36.8 Å². The molecule has 102 valence electrons. The number of H-pyrrole nitrogens is 1. The number of imidazole rings is 1. The molecule has 1 N–H and O–H groups in total. The molecule has 0 radical (unpaired) electrons. The van der Waals surface area contributed by atoms with Crippen molar-refractivity contribution in [3.63, 3.8) is 0 Å². The summed E-state index contributed by atoms with van der Waals surface area (Å²) in [6.07, 6.45) is 1.44. The molecule has 7 heteroatoms. The zero-order valence-corrected chi connectivity index (χ0v) is 12.4. The van der Waals surface area contributed by atoms with Crippen LogP contribution in [0.25, 0.3) is 16.9 Å². The molecule has 0 bridgehead atoms. The number of benzene rings is 1. The number of aromatic nitrogens is 4. The summed E-state index contributed by atoms with van der Waals surface area (Å²) in [5.41, 5.74) is 3.14. The Kier molecular flexibility index (Phi) is 3.19. The number of nitrogens with one attached hydrogen (secondary N) is 1. The van der Waals surface area contributed by atoms with Gasteiger partial charge in [0, 0.05) is 5.02 Å². The molecular formula is C13H11ClN4OS. The molecule has 5 nitrogen and oxygen atoms in total. The number of ether oxygens (including phenoxy) is 1. The van der Waals surface area contributed by atoms with Gasteiger partial charge < -0.3 is 9.72 Å². The lowest BCUT2D eigenvalue weighted by atomic mass is 10.2. The molecule has 0 atom stereocenters. The summed E-state index contributed by atoms with van der Waals surface area (Å²) in [6, 6.07) is 5.66. The standard InChI is InChI=1S/C13H11ClN4OS/c1-7-8(14)4-3-5-9(7)18-11-10(17-13(18)20)12(19-2)16-6-15-11/h3-6H,1-2H3,(H,17,20). The molecule has 2 aromatic heterocycles. The van der Waals surface area contributed by atoms with Crippen LogP contribution in [0.3, 0.4) is 0 Å². The molecule has 0 aliphatic carbocycles. The molecule has 0 unspecified atom stereocenters. The van der Waals surface area contributed by atoms with E-state index in [0.29, 0.717) is 26.8 Å². The third-order valence-corrected chi connectivity index (χ3v) is 3.81. The van der Waals surface area contributed by atoms with Gasteiger partial charge in [-0.2, -0.15) is 4.98 Å². The van der Waals surface area contributed by atoms with E-state index in [9.17, 15) is 0 Å². The Morgan fingerprint density at radius 1 is 1.35 bits per heavy atom. The Morgan fingerprint density at radius 2 is 2.15 bits per heavy atom. The molecule has 20 heavy (non-hydrogen) atoms. The molecule has 0 amide bonds. The number of aromatic amines is 1. The summed E-state index contributed by atoms with van der Waals surface area (Å²) < 4.78 is 7.56. The van der Waals surface area contributed by atoms with E-state index in [1.54, 1.807) is 7.11 Å². The van der Waals surface area contributed by atoms with Crippen molar-refractivity contribution in [2.45, 2.75) is 6.92 Å². The Morgan fingerprint density at radius 3 is 2.90 bits per heavy atom. The van der Waals surface area contributed by atoms with Crippen LogP contribution in [0.15, 0.2) is 24.5 Å². The topological polar surface area (TPSA) is 55.7 Å². The summed E-state index contributed by atoms with van der Waals surface area (Å²) in [6.45, 7) is 1.94. The smallest absolute Gasteiger partial charge is 0.242 e. The maximum Gasteiger partial charge on any atom is 0.242 e. The van der Waals surface area contributed by atoms with Gasteiger partial charge in [0.05, 0.1) is 12.8 Å². The second-order valence-electron chi connectivity index (χ2n) is 4.23. The number of hydrogen-bond acceptors (Lipinski definition) is 4. The van der Waals surface area contributed by atoms with Gasteiger partial charge in [0.25, 0.3) is 0 Å². The largest absolute Gasteiger partial charge is 0.479 e. The Bertz CT molecular complexity index is 855. The second-order valence-corrected chi connectivity index (χ2v) is 5.02. The number of fused-ring (bicyclic) bond motifs is 1. The van der Waals surface area contributed by atoms with Gasteiger partial charge in [-0.3, -0.25) is 4.57 Å². The molecule has 0 spiro atoms. The first-order chi connectivity index (χ1) is 9.63. The summed E-state index contributed by atoms with van der Waals surface area (Å²) in [4.78, 5) is 11.4. The lowest BCUT2D eigenvalue weighted by Crippen LogP contribution is -1.99. The van der Waals surface area contributed by atoms with Crippen LogP contribution in [0.5, 0.6) is 5.88 Å². The van der Waals surface area contributed by atoms with Crippen molar-refractivity contribution in [3.05, 3.63) is 39.9 Å². The zero-order valence-electron chi connectivity index (χ0n) is 10.8. The highest BCUT2D eigenvalue weighted by molar-refractivity contribution is 7.71. The van der Waals surface area contributed by atoms with E-state index < -0.39 is 0 Å². The number of nitrogens with zero attached hydrogens (tertiary/aromatic N) is 3. The van der Waals surface area contributed by atoms with Gasteiger partial charge in [-0.15, -0.1) is 0 Å². The minimum atomic E-state index is 0.458. The van der Waals surface area contributed by atoms with E-state index in [4.69, 9.17) is 28.6 Å². The van der Waals surface area contributed by atoms with Crippen LogP contribution in [0, 0.1) is 11.7 Å². The number of rotatable bonds is 2. The van der Waals surface area contributed by atoms with Crippen LogP contribution in [-0.4, -0.2) is 26.6 Å². The maximum atomic E-state index is 6.18. The quantitative estimate of drug-likeness (QED) is 0.737. The molecule has 3 aromatic rings. The first kappa shape index (κ1) is 13.1. The third-order valence-electron chi connectivity index (χ3n) is 3.11. The first-order valence-electron chi connectivity index (χ1n) is 5.88. The molecule has 2 heterocycles. The van der Waals surface area contributed by atoms with Crippen LogP contribution in [0.4, 0.5) is 0 Å². The van der Waals surface area contributed by atoms with Gasteiger partial charge in [-0.25, -0.2) is 4.98 Å².